The highest BCUT2D eigenvalue weighted by molar-refractivity contribution is 5.83. The van der Waals surface area contributed by atoms with Crippen molar-refractivity contribution in [2.75, 3.05) is 26.2 Å². The summed E-state index contributed by atoms with van der Waals surface area (Å²) in [7, 11) is 0. The Morgan fingerprint density at radius 3 is 2.62 bits per heavy atom. The molecule has 2 N–H and O–H groups in total. The molecule has 0 aromatic rings. The molecule has 4 unspecified atom stereocenters. The molecule has 0 aliphatic carbocycles. The van der Waals surface area contributed by atoms with Crippen LogP contribution in [0.4, 0.5) is 4.79 Å². The lowest BCUT2D eigenvalue weighted by atomic mass is 10.1. The van der Waals surface area contributed by atoms with Gasteiger partial charge in [0, 0.05) is 38.1 Å². The predicted octanol–water partition coefficient (Wildman–Crippen LogP) is -0.205. The number of aliphatic hydroxyl groups is 1. The van der Waals surface area contributed by atoms with E-state index < -0.39 is 18.1 Å². The summed E-state index contributed by atoms with van der Waals surface area (Å²) in [4.78, 5) is 29.5. The summed E-state index contributed by atoms with van der Waals surface area (Å²) in [5.74, 6) is -1.04. The fourth-order valence-electron chi connectivity index (χ4n) is 3.88. The van der Waals surface area contributed by atoms with E-state index in [1.807, 2.05) is 6.92 Å². The highest BCUT2D eigenvalue weighted by Crippen LogP contribution is 2.27. The molecule has 0 aromatic heterocycles. The molecule has 3 saturated heterocycles. The SMILES string of the molecule is CC1CN2CCCC2CN1C(=O)N1CC(O)CC1C(=O)O. The van der Waals surface area contributed by atoms with Crippen LogP contribution in [-0.4, -0.2) is 87.3 Å². The molecule has 0 bridgehead atoms. The summed E-state index contributed by atoms with van der Waals surface area (Å²) in [5, 5.41) is 18.9. The van der Waals surface area contributed by atoms with Gasteiger partial charge in [0.1, 0.15) is 6.04 Å². The van der Waals surface area contributed by atoms with Gasteiger partial charge < -0.3 is 20.0 Å². The number of carboxylic acids is 1. The van der Waals surface area contributed by atoms with Crippen molar-refractivity contribution < 1.29 is 19.8 Å². The normalized spacial score (nSPS) is 36.9. The molecule has 3 fully saturated rings. The monoisotopic (exact) mass is 297 g/mol. The molecule has 7 heteroatoms. The van der Waals surface area contributed by atoms with Crippen LogP contribution in [0.5, 0.6) is 0 Å². The lowest BCUT2D eigenvalue weighted by molar-refractivity contribution is -0.141. The van der Waals surface area contributed by atoms with Gasteiger partial charge in [-0.25, -0.2) is 9.59 Å². The average Bonchev–Trinajstić information content (AvgIpc) is 3.02. The molecule has 21 heavy (non-hydrogen) atoms. The molecule has 7 nitrogen and oxygen atoms in total. The van der Waals surface area contributed by atoms with Crippen LogP contribution in [0.3, 0.4) is 0 Å². The van der Waals surface area contributed by atoms with E-state index in [4.69, 9.17) is 0 Å². The van der Waals surface area contributed by atoms with Crippen molar-refractivity contribution in [3.63, 3.8) is 0 Å². The number of carboxylic acid groups (broad SMARTS) is 1. The van der Waals surface area contributed by atoms with Crippen LogP contribution < -0.4 is 0 Å². The maximum absolute atomic E-state index is 12.7. The number of nitrogens with zero attached hydrogens (tertiary/aromatic N) is 3. The summed E-state index contributed by atoms with van der Waals surface area (Å²) in [5.41, 5.74) is 0. The van der Waals surface area contributed by atoms with Gasteiger partial charge in [0.05, 0.1) is 6.10 Å². The third kappa shape index (κ3) is 2.60. The number of carbonyl (C=O) groups excluding carboxylic acids is 1. The van der Waals surface area contributed by atoms with E-state index in [0.29, 0.717) is 12.6 Å². The number of urea groups is 1. The maximum atomic E-state index is 12.7. The van der Waals surface area contributed by atoms with Crippen LogP contribution in [-0.2, 0) is 4.79 Å². The van der Waals surface area contributed by atoms with Crippen LogP contribution in [0.1, 0.15) is 26.2 Å². The molecule has 3 heterocycles. The number of rotatable bonds is 1. The molecule has 0 radical (unpaired) electrons. The average molecular weight is 297 g/mol. The summed E-state index contributed by atoms with van der Waals surface area (Å²) in [6.45, 7) is 4.74. The fraction of sp³-hybridized carbons (Fsp3) is 0.857. The number of fused-ring (bicyclic) bond motifs is 1. The topological polar surface area (TPSA) is 84.3 Å². The van der Waals surface area contributed by atoms with Crippen molar-refractivity contribution in [2.24, 2.45) is 0 Å². The van der Waals surface area contributed by atoms with E-state index >= 15 is 0 Å². The predicted molar refractivity (Wildman–Crippen MR) is 74.9 cm³/mol. The van der Waals surface area contributed by atoms with Crippen molar-refractivity contribution in [2.45, 2.75) is 50.4 Å². The minimum Gasteiger partial charge on any atom is -0.480 e. The molecule has 3 rings (SSSR count). The van der Waals surface area contributed by atoms with E-state index in [1.165, 1.54) is 11.3 Å². The summed E-state index contributed by atoms with van der Waals surface area (Å²) >= 11 is 0. The van der Waals surface area contributed by atoms with Gasteiger partial charge in [0.25, 0.3) is 0 Å². The van der Waals surface area contributed by atoms with Gasteiger partial charge in [-0.2, -0.15) is 0 Å². The van der Waals surface area contributed by atoms with Crippen LogP contribution >= 0.6 is 0 Å². The van der Waals surface area contributed by atoms with Gasteiger partial charge in [-0.3, -0.25) is 4.90 Å². The van der Waals surface area contributed by atoms with Crippen LogP contribution in [0.25, 0.3) is 0 Å². The summed E-state index contributed by atoms with van der Waals surface area (Å²) in [6.07, 6.45) is 1.65. The molecule has 118 valence electrons. The number of hydrogen-bond donors (Lipinski definition) is 2. The largest absolute Gasteiger partial charge is 0.480 e. The Balaban J connectivity index is 1.73. The molecule has 3 aliphatic rings. The van der Waals surface area contributed by atoms with E-state index in [1.54, 1.807) is 4.90 Å². The highest BCUT2D eigenvalue weighted by atomic mass is 16.4. The number of aliphatic carboxylic acids is 1. The lowest BCUT2D eigenvalue weighted by Crippen LogP contribution is -2.60. The summed E-state index contributed by atoms with van der Waals surface area (Å²) in [6, 6.07) is -0.653. The van der Waals surface area contributed by atoms with Crippen molar-refractivity contribution >= 4 is 12.0 Å². The van der Waals surface area contributed by atoms with Gasteiger partial charge >= 0.3 is 12.0 Å². The molecule has 3 aliphatic heterocycles. The number of aliphatic hydroxyl groups excluding tert-OH is 1. The number of β-amino-alcohol motifs (C(OH)–C–C–N with tert-alkyl or cyclic N) is 1. The highest BCUT2D eigenvalue weighted by Gasteiger charge is 2.44. The number of likely N-dealkylation sites (tertiary alicyclic amines) is 1. The van der Waals surface area contributed by atoms with E-state index in [-0.39, 0.29) is 25.0 Å². The first-order valence-corrected chi connectivity index (χ1v) is 7.69. The second-order valence-electron chi connectivity index (χ2n) is 6.47. The first-order valence-electron chi connectivity index (χ1n) is 7.69. The first kappa shape index (κ1) is 14.6. The molecular formula is C14H23N3O4. The maximum Gasteiger partial charge on any atom is 0.326 e. The fourth-order valence-corrected chi connectivity index (χ4v) is 3.88. The van der Waals surface area contributed by atoms with Crippen molar-refractivity contribution in [1.29, 1.82) is 0 Å². The molecular weight excluding hydrogens is 274 g/mol. The second kappa shape index (κ2) is 5.46. The summed E-state index contributed by atoms with van der Waals surface area (Å²) < 4.78 is 0. The zero-order valence-corrected chi connectivity index (χ0v) is 12.3. The molecule has 2 amide bonds. The Morgan fingerprint density at radius 2 is 1.90 bits per heavy atom. The van der Waals surface area contributed by atoms with Gasteiger partial charge in [-0.15, -0.1) is 0 Å². The van der Waals surface area contributed by atoms with Crippen LogP contribution in [0.2, 0.25) is 0 Å². The Bertz CT molecular complexity index is 444. The number of hydrogen-bond acceptors (Lipinski definition) is 4. The number of piperazine rings is 1. The molecule has 0 spiro atoms. The standard InChI is InChI=1S/C14H23N3O4/c1-9-6-15-4-2-3-10(15)7-16(9)14(21)17-8-11(18)5-12(17)13(19)20/h9-12,18H,2-8H2,1H3,(H,19,20). The van der Waals surface area contributed by atoms with E-state index in [2.05, 4.69) is 4.90 Å². The quantitative estimate of drug-likeness (QED) is 0.700. The van der Waals surface area contributed by atoms with Crippen molar-refractivity contribution in [3.8, 4) is 0 Å². The first-order chi connectivity index (χ1) is 9.97. The van der Waals surface area contributed by atoms with Crippen LogP contribution in [0.15, 0.2) is 0 Å². The number of carbonyl (C=O) groups is 2. The zero-order chi connectivity index (χ0) is 15.1. The van der Waals surface area contributed by atoms with Gasteiger partial charge in [-0.05, 0) is 26.3 Å². The van der Waals surface area contributed by atoms with Gasteiger partial charge in [0.15, 0.2) is 0 Å². The third-order valence-corrected chi connectivity index (χ3v) is 4.99. The van der Waals surface area contributed by atoms with Crippen LogP contribution in [0, 0.1) is 0 Å². The smallest absolute Gasteiger partial charge is 0.326 e. The second-order valence-corrected chi connectivity index (χ2v) is 6.47. The molecule has 4 atom stereocenters. The zero-order valence-electron chi connectivity index (χ0n) is 12.3. The van der Waals surface area contributed by atoms with Crippen molar-refractivity contribution in [3.05, 3.63) is 0 Å². The third-order valence-electron chi connectivity index (χ3n) is 4.99. The Labute approximate surface area is 124 Å². The van der Waals surface area contributed by atoms with E-state index in [0.717, 1.165) is 19.5 Å². The molecule has 0 aromatic carbocycles. The van der Waals surface area contributed by atoms with Gasteiger partial charge in [-0.1, -0.05) is 0 Å². The van der Waals surface area contributed by atoms with Crippen molar-refractivity contribution in [1.82, 2.24) is 14.7 Å². The Kier molecular flexibility index (Phi) is 3.79. The number of amides is 2. The van der Waals surface area contributed by atoms with E-state index in [9.17, 15) is 19.8 Å². The minimum atomic E-state index is -1.04. The molecule has 0 saturated carbocycles. The van der Waals surface area contributed by atoms with Gasteiger partial charge in [0.2, 0.25) is 0 Å². The Morgan fingerprint density at radius 1 is 1.14 bits per heavy atom. The minimum absolute atomic E-state index is 0.0824. The Hall–Kier alpha value is -1.34. The lowest BCUT2D eigenvalue weighted by Gasteiger charge is -2.44.